The third-order valence-corrected chi connectivity index (χ3v) is 4.98. The molecule has 130 valence electrons. The molecule has 4 rings (SSSR count). The van der Waals surface area contributed by atoms with Crippen LogP contribution in [0.4, 0.5) is 0 Å². The summed E-state index contributed by atoms with van der Waals surface area (Å²) in [4.78, 5) is 19.4. The Labute approximate surface area is 146 Å². The van der Waals surface area contributed by atoms with Crippen LogP contribution in [0, 0.1) is 13.8 Å². The van der Waals surface area contributed by atoms with Gasteiger partial charge in [0.25, 0.3) is 5.56 Å². The number of nitrogens with zero attached hydrogens (tertiary/aromatic N) is 5. The molecule has 0 bridgehead atoms. The van der Waals surface area contributed by atoms with Crippen molar-refractivity contribution in [3.8, 4) is 0 Å². The molecule has 1 atom stereocenters. The van der Waals surface area contributed by atoms with E-state index in [2.05, 4.69) is 32.7 Å². The molecule has 0 saturated carbocycles. The Hall–Kier alpha value is -2.47. The van der Waals surface area contributed by atoms with Crippen molar-refractivity contribution in [1.82, 2.24) is 24.1 Å². The zero-order valence-electron chi connectivity index (χ0n) is 14.7. The molecule has 4 heterocycles. The molecular formula is C19H23N5O. The molecule has 3 aromatic rings. The summed E-state index contributed by atoms with van der Waals surface area (Å²) in [6, 6.07) is 9.85. The first-order valence-electron chi connectivity index (χ1n) is 8.82. The van der Waals surface area contributed by atoms with E-state index < -0.39 is 0 Å². The minimum Gasteiger partial charge on any atom is -0.293 e. The summed E-state index contributed by atoms with van der Waals surface area (Å²) in [5.41, 5.74) is 3.79. The van der Waals surface area contributed by atoms with Crippen molar-refractivity contribution in [1.29, 1.82) is 0 Å². The molecule has 0 aromatic carbocycles. The molecule has 0 aliphatic carbocycles. The number of likely N-dealkylation sites (tertiary alicyclic amines) is 1. The van der Waals surface area contributed by atoms with Crippen LogP contribution in [0.15, 0.2) is 41.3 Å². The van der Waals surface area contributed by atoms with Crippen LogP contribution in [-0.2, 0) is 13.1 Å². The minimum atomic E-state index is -0.0186. The molecule has 1 aliphatic rings. The van der Waals surface area contributed by atoms with Crippen LogP contribution in [0.1, 0.15) is 29.9 Å². The fourth-order valence-corrected chi connectivity index (χ4v) is 3.76. The molecule has 6 nitrogen and oxygen atoms in total. The van der Waals surface area contributed by atoms with Gasteiger partial charge in [0.2, 0.25) is 0 Å². The van der Waals surface area contributed by atoms with E-state index in [0.717, 1.165) is 30.9 Å². The van der Waals surface area contributed by atoms with E-state index in [4.69, 9.17) is 0 Å². The third-order valence-electron chi connectivity index (χ3n) is 4.98. The average Bonchev–Trinajstić information content (AvgIpc) is 3.14. The van der Waals surface area contributed by atoms with E-state index in [9.17, 15) is 4.79 Å². The van der Waals surface area contributed by atoms with Gasteiger partial charge in [0, 0.05) is 30.5 Å². The van der Waals surface area contributed by atoms with Crippen LogP contribution in [0.2, 0.25) is 0 Å². The SMILES string of the molecule is Cc1cc(C)n(C[C@H]2CCCN2Cc2cc(=O)n3ccccc3n2)n1. The van der Waals surface area contributed by atoms with Gasteiger partial charge in [0.1, 0.15) is 5.65 Å². The van der Waals surface area contributed by atoms with Gasteiger partial charge >= 0.3 is 0 Å². The molecule has 0 amide bonds. The lowest BCUT2D eigenvalue weighted by Crippen LogP contribution is -2.34. The van der Waals surface area contributed by atoms with Crippen molar-refractivity contribution >= 4 is 5.65 Å². The third kappa shape index (κ3) is 3.22. The van der Waals surface area contributed by atoms with E-state index in [1.165, 1.54) is 12.1 Å². The molecule has 0 unspecified atom stereocenters. The second-order valence-corrected chi connectivity index (χ2v) is 6.89. The van der Waals surface area contributed by atoms with E-state index in [0.29, 0.717) is 18.2 Å². The predicted octanol–water partition coefficient (Wildman–Crippen LogP) is 2.17. The Morgan fingerprint density at radius 2 is 2.12 bits per heavy atom. The largest absolute Gasteiger partial charge is 0.293 e. The molecule has 3 aromatic heterocycles. The highest BCUT2D eigenvalue weighted by Gasteiger charge is 2.26. The molecule has 1 saturated heterocycles. The molecule has 0 radical (unpaired) electrons. The quantitative estimate of drug-likeness (QED) is 0.732. The monoisotopic (exact) mass is 337 g/mol. The summed E-state index contributed by atoms with van der Waals surface area (Å²) in [5, 5.41) is 4.59. The zero-order chi connectivity index (χ0) is 17.4. The molecule has 1 fully saturated rings. The van der Waals surface area contributed by atoms with E-state index in [1.54, 1.807) is 16.7 Å². The Balaban J connectivity index is 1.55. The predicted molar refractivity (Wildman–Crippen MR) is 96.6 cm³/mol. The number of fused-ring (bicyclic) bond motifs is 1. The Morgan fingerprint density at radius 3 is 2.92 bits per heavy atom. The lowest BCUT2D eigenvalue weighted by Gasteiger charge is -2.24. The van der Waals surface area contributed by atoms with E-state index in [1.807, 2.05) is 25.1 Å². The molecule has 0 N–H and O–H groups in total. The highest BCUT2D eigenvalue weighted by molar-refractivity contribution is 5.38. The summed E-state index contributed by atoms with van der Waals surface area (Å²) in [7, 11) is 0. The standard InChI is InChI=1S/C19H23N5O/c1-14-10-15(2)24(21-14)13-17-6-5-8-22(17)12-16-11-19(25)23-9-4-3-7-18(23)20-16/h3-4,7,9-11,17H,5-6,8,12-13H2,1-2H3/t17-/m1/s1. The summed E-state index contributed by atoms with van der Waals surface area (Å²) in [6.07, 6.45) is 4.09. The maximum Gasteiger partial charge on any atom is 0.258 e. The molecule has 1 aliphatic heterocycles. The van der Waals surface area contributed by atoms with Crippen molar-refractivity contribution < 1.29 is 0 Å². The Morgan fingerprint density at radius 1 is 1.24 bits per heavy atom. The summed E-state index contributed by atoms with van der Waals surface area (Å²) >= 11 is 0. The van der Waals surface area contributed by atoms with Crippen molar-refractivity contribution in [2.75, 3.05) is 6.54 Å². The first-order chi connectivity index (χ1) is 12.1. The lowest BCUT2D eigenvalue weighted by atomic mass is 10.2. The van der Waals surface area contributed by atoms with Crippen LogP contribution < -0.4 is 5.56 Å². The maximum atomic E-state index is 12.3. The average molecular weight is 337 g/mol. The normalized spacial score (nSPS) is 18.2. The van der Waals surface area contributed by atoms with Gasteiger partial charge in [-0.25, -0.2) is 4.98 Å². The highest BCUT2D eigenvalue weighted by atomic mass is 16.1. The number of hydrogen-bond donors (Lipinski definition) is 0. The number of rotatable bonds is 4. The van der Waals surface area contributed by atoms with Gasteiger partial charge in [-0.3, -0.25) is 18.8 Å². The van der Waals surface area contributed by atoms with Crippen LogP contribution in [-0.4, -0.2) is 36.7 Å². The number of aromatic nitrogens is 4. The van der Waals surface area contributed by atoms with E-state index >= 15 is 0 Å². The van der Waals surface area contributed by atoms with Crippen LogP contribution in [0.25, 0.3) is 5.65 Å². The van der Waals surface area contributed by atoms with Crippen molar-refractivity contribution in [2.45, 2.75) is 45.8 Å². The number of pyridine rings is 1. The molecule has 25 heavy (non-hydrogen) atoms. The Bertz CT molecular complexity index is 958. The van der Waals surface area contributed by atoms with Gasteiger partial charge in [-0.1, -0.05) is 6.07 Å². The van der Waals surface area contributed by atoms with Crippen LogP contribution in [0.5, 0.6) is 0 Å². The van der Waals surface area contributed by atoms with Crippen LogP contribution >= 0.6 is 0 Å². The topological polar surface area (TPSA) is 55.4 Å². The fraction of sp³-hybridized carbons (Fsp3) is 0.421. The second-order valence-electron chi connectivity index (χ2n) is 6.89. The van der Waals surface area contributed by atoms with Gasteiger partial charge in [-0.15, -0.1) is 0 Å². The van der Waals surface area contributed by atoms with Crippen molar-refractivity contribution in [3.63, 3.8) is 0 Å². The second kappa shape index (κ2) is 6.44. The summed E-state index contributed by atoms with van der Waals surface area (Å²) < 4.78 is 3.68. The summed E-state index contributed by atoms with van der Waals surface area (Å²) in [5.74, 6) is 0. The number of aryl methyl sites for hydroxylation is 2. The van der Waals surface area contributed by atoms with Gasteiger partial charge < -0.3 is 0 Å². The van der Waals surface area contributed by atoms with Gasteiger partial charge in [0.15, 0.2) is 0 Å². The fourth-order valence-electron chi connectivity index (χ4n) is 3.76. The molecule has 6 heteroatoms. The lowest BCUT2D eigenvalue weighted by molar-refractivity contribution is 0.215. The first-order valence-corrected chi connectivity index (χ1v) is 8.82. The van der Waals surface area contributed by atoms with E-state index in [-0.39, 0.29) is 5.56 Å². The van der Waals surface area contributed by atoms with Gasteiger partial charge in [-0.2, -0.15) is 5.10 Å². The van der Waals surface area contributed by atoms with Crippen molar-refractivity contribution in [3.05, 3.63) is 64.0 Å². The maximum absolute atomic E-state index is 12.3. The van der Waals surface area contributed by atoms with Crippen LogP contribution in [0.3, 0.4) is 0 Å². The zero-order valence-corrected chi connectivity index (χ0v) is 14.7. The summed E-state index contributed by atoms with van der Waals surface area (Å²) in [6.45, 7) is 6.78. The highest BCUT2D eigenvalue weighted by Crippen LogP contribution is 2.21. The van der Waals surface area contributed by atoms with Gasteiger partial charge in [-0.05, 0) is 51.4 Å². The number of hydrogen-bond acceptors (Lipinski definition) is 4. The minimum absolute atomic E-state index is 0.0186. The smallest absolute Gasteiger partial charge is 0.258 e. The Kier molecular flexibility index (Phi) is 4.13. The molecule has 0 spiro atoms. The van der Waals surface area contributed by atoms with Gasteiger partial charge in [0.05, 0.1) is 17.9 Å². The van der Waals surface area contributed by atoms with Crippen molar-refractivity contribution in [2.24, 2.45) is 0 Å². The molecular weight excluding hydrogens is 314 g/mol. The first kappa shape index (κ1) is 16.0.